The van der Waals surface area contributed by atoms with Crippen molar-refractivity contribution in [2.24, 2.45) is 0 Å². The van der Waals surface area contributed by atoms with Gasteiger partial charge in [0.2, 0.25) is 0 Å². The van der Waals surface area contributed by atoms with Crippen molar-refractivity contribution < 1.29 is 19.0 Å². The zero-order valence-electron chi connectivity index (χ0n) is 12.3. The molecule has 2 rings (SSSR count). The van der Waals surface area contributed by atoms with E-state index in [1.165, 1.54) is 24.6 Å². The van der Waals surface area contributed by atoms with Gasteiger partial charge in [-0.05, 0) is 38.0 Å². The molecule has 1 aromatic carbocycles. The number of halogens is 1. The van der Waals surface area contributed by atoms with Gasteiger partial charge in [0.15, 0.2) is 0 Å². The molecule has 1 unspecified atom stereocenters. The first kappa shape index (κ1) is 15.8. The molecular formula is C16H22FNO3. The third kappa shape index (κ3) is 4.17. The van der Waals surface area contributed by atoms with E-state index in [1.807, 2.05) is 0 Å². The van der Waals surface area contributed by atoms with Gasteiger partial charge in [0.1, 0.15) is 17.6 Å². The molecule has 0 amide bonds. The Labute approximate surface area is 124 Å². The fraction of sp³-hybridized carbons (Fsp3) is 0.562. The SMILES string of the molecule is CCOC(=O)C(NC1CCCCC1)c1cc(F)ccc1O. The summed E-state index contributed by atoms with van der Waals surface area (Å²) in [5.41, 5.74) is 0.235. The molecule has 0 heterocycles. The minimum Gasteiger partial charge on any atom is -0.508 e. The fourth-order valence-electron chi connectivity index (χ4n) is 2.77. The van der Waals surface area contributed by atoms with Crippen LogP contribution in [0.3, 0.4) is 0 Å². The standard InChI is InChI=1S/C16H22FNO3/c1-2-21-16(20)15(18-12-6-4-3-5-7-12)13-10-11(17)8-9-14(13)19/h8-10,12,15,18-19H,2-7H2,1H3. The fourth-order valence-corrected chi connectivity index (χ4v) is 2.77. The summed E-state index contributed by atoms with van der Waals surface area (Å²) in [6, 6.07) is 2.98. The van der Waals surface area contributed by atoms with Gasteiger partial charge in [-0.25, -0.2) is 9.18 Å². The zero-order chi connectivity index (χ0) is 15.2. The smallest absolute Gasteiger partial charge is 0.327 e. The third-order valence-electron chi connectivity index (χ3n) is 3.83. The molecule has 0 radical (unpaired) electrons. The van der Waals surface area contributed by atoms with Crippen LogP contribution >= 0.6 is 0 Å². The summed E-state index contributed by atoms with van der Waals surface area (Å²) in [5, 5.41) is 13.2. The highest BCUT2D eigenvalue weighted by atomic mass is 19.1. The topological polar surface area (TPSA) is 58.6 Å². The summed E-state index contributed by atoms with van der Waals surface area (Å²) in [7, 11) is 0. The average Bonchev–Trinajstić information content (AvgIpc) is 2.49. The predicted octanol–water partition coefficient (Wildman–Crippen LogP) is 3.06. The highest BCUT2D eigenvalue weighted by Crippen LogP contribution is 2.28. The number of benzene rings is 1. The van der Waals surface area contributed by atoms with Crippen LogP contribution in [0, 0.1) is 5.82 Å². The maximum absolute atomic E-state index is 13.4. The van der Waals surface area contributed by atoms with Gasteiger partial charge in [-0.3, -0.25) is 5.32 Å². The number of aromatic hydroxyl groups is 1. The van der Waals surface area contributed by atoms with E-state index in [1.54, 1.807) is 6.92 Å². The van der Waals surface area contributed by atoms with Crippen molar-refractivity contribution >= 4 is 5.97 Å². The second-order valence-electron chi connectivity index (χ2n) is 5.39. The first-order valence-electron chi connectivity index (χ1n) is 7.53. The molecule has 1 aliphatic rings. The van der Waals surface area contributed by atoms with Crippen molar-refractivity contribution in [3.63, 3.8) is 0 Å². The maximum Gasteiger partial charge on any atom is 0.327 e. The minimum atomic E-state index is -0.830. The van der Waals surface area contributed by atoms with Crippen LogP contribution < -0.4 is 5.32 Å². The lowest BCUT2D eigenvalue weighted by Gasteiger charge is -2.28. The van der Waals surface area contributed by atoms with Crippen molar-refractivity contribution in [1.29, 1.82) is 0 Å². The first-order chi connectivity index (χ1) is 10.1. The Hall–Kier alpha value is -1.62. The van der Waals surface area contributed by atoms with Gasteiger partial charge in [-0.1, -0.05) is 19.3 Å². The van der Waals surface area contributed by atoms with Gasteiger partial charge in [0, 0.05) is 11.6 Å². The highest BCUT2D eigenvalue weighted by Gasteiger charge is 2.28. The van der Waals surface area contributed by atoms with E-state index in [2.05, 4.69) is 5.32 Å². The second kappa shape index (κ2) is 7.41. The largest absolute Gasteiger partial charge is 0.508 e. The van der Waals surface area contributed by atoms with E-state index in [4.69, 9.17) is 4.74 Å². The van der Waals surface area contributed by atoms with Crippen molar-refractivity contribution in [2.75, 3.05) is 6.61 Å². The monoisotopic (exact) mass is 295 g/mol. The molecular weight excluding hydrogens is 273 g/mol. The van der Waals surface area contributed by atoms with Crippen molar-refractivity contribution in [1.82, 2.24) is 5.32 Å². The van der Waals surface area contributed by atoms with E-state index in [9.17, 15) is 14.3 Å². The van der Waals surface area contributed by atoms with Gasteiger partial charge >= 0.3 is 5.97 Å². The molecule has 1 fully saturated rings. The van der Waals surface area contributed by atoms with Crippen LogP contribution in [-0.2, 0) is 9.53 Å². The summed E-state index contributed by atoms with van der Waals surface area (Å²) in [5.74, 6) is -1.07. The van der Waals surface area contributed by atoms with E-state index in [0.29, 0.717) is 0 Å². The molecule has 0 aromatic heterocycles. The molecule has 21 heavy (non-hydrogen) atoms. The molecule has 4 nitrogen and oxygen atoms in total. The number of hydrogen-bond acceptors (Lipinski definition) is 4. The van der Waals surface area contributed by atoms with Gasteiger partial charge in [-0.15, -0.1) is 0 Å². The van der Waals surface area contributed by atoms with E-state index >= 15 is 0 Å². The first-order valence-corrected chi connectivity index (χ1v) is 7.53. The third-order valence-corrected chi connectivity index (χ3v) is 3.83. The number of rotatable bonds is 5. The Morgan fingerprint density at radius 3 is 2.81 bits per heavy atom. The summed E-state index contributed by atoms with van der Waals surface area (Å²) in [6.07, 6.45) is 5.39. The molecule has 0 spiro atoms. The number of ether oxygens (including phenoxy) is 1. The van der Waals surface area contributed by atoms with Crippen LogP contribution in [0.2, 0.25) is 0 Å². The van der Waals surface area contributed by atoms with Gasteiger partial charge in [0.05, 0.1) is 6.61 Å². The summed E-state index contributed by atoms with van der Waals surface area (Å²) >= 11 is 0. The molecule has 0 aliphatic heterocycles. The number of hydrogen-bond donors (Lipinski definition) is 2. The van der Waals surface area contributed by atoms with Crippen molar-refractivity contribution in [3.05, 3.63) is 29.6 Å². The second-order valence-corrected chi connectivity index (χ2v) is 5.39. The van der Waals surface area contributed by atoms with E-state index in [-0.39, 0.29) is 24.0 Å². The lowest BCUT2D eigenvalue weighted by atomic mass is 9.93. The van der Waals surface area contributed by atoms with E-state index < -0.39 is 17.8 Å². The lowest BCUT2D eigenvalue weighted by Crippen LogP contribution is -2.39. The average molecular weight is 295 g/mol. The molecule has 1 aromatic rings. The predicted molar refractivity (Wildman–Crippen MR) is 77.4 cm³/mol. The normalized spacial score (nSPS) is 17.4. The van der Waals surface area contributed by atoms with Gasteiger partial charge in [0.25, 0.3) is 0 Å². The maximum atomic E-state index is 13.4. The van der Waals surface area contributed by atoms with Gasteiger partial charge in [-0.2, -0.15) is 0 Å². The lowest BCUT2D eigenvalue weighted by molar-refractivity contribution is -0.146. The number of phenolic OH excluding ortho intramolecular Hbond substituents is 1. The van der Waals surface area contributed by atoms with Crippen molar-refractivity contribution in [2.45, 2.75) is 51.1 Å². The summed E-state index contributed by atoms with van der Waals surface area (Å²) in [4.78, 5) is 12.2. The van der Waals surface area contributed by atoms with Crippen molar-refractivity contribution in [3.8, 4) is 5.75 Å². The number of nitrogens with one attached hydrogen (secondary N) is 1. The summed E-state index contributed by atoms with van der Waals surface area (Å²) in [6.45, 7) is 1.97. The van der Waals surface area contributed by atoms with Crippen LogP contribution in [0.4, 0.5) is 4.39 Å². The molecule has 1 saturated carbocycles. The Morgan fingerprint density at radius 1 is 1.43 bits per heavy atom. The Morgan fingerprint density at radius 2 is 2.14 bits per heavy atom. The molecule has 0 saturated heterocycles. The minimum absolute atomic E-state index is 0.0993. The molecule has 0 bridgehead atoms. The molecule has 2 N–H and O–H groups in total. The molecule has 116 valence electrons. The van der Waals surface area contributed by atoms with Crippen LogP contribution in [0.1, 0.15) is 50.6 Å². The molecule has 1 aliphatic carbocycles. The quantitative estimate of drug-likeness (QED) is 0.820. The van der Waals surface area contributed by atoms with Crippen LogP contribution in [0.25, 0.3) is 0 Å². The molecule has 1 atom stereocenters. The highest BCUT2D eigenvalue weighted by molar-refractivity contribution is 5.78. The van der Waals surface area contributed by atoms with E-state index in [0.717, 1.165) is 25.7 Å². The number of esters is 1. The van der Waals surface area contributed by atoms with Crippen LogP contribution in [-0.4, -0.2) is 23.7 Å². The zero-order valence-corrected chi connectivity index (χ0v) is 12.3. The number of phenols is 1. The Balaban J connectivity index is 2.22. The summed E-state index contributed by atoms with van der Waals surface area (Å²) < 4.78 is 18.5. The van der Waals surface area contributed by atoms with Crippen LogP contribution in [0.15, 0.2) is 18.2 Å². The number of carbonyl (C=O) groups excluding carboxylic acids is 1. The van der Waals surface area contributed by atoms with Gasteiger partial charge < -0.3 is 9.84 Å². The molecule has 5 heteroatoms. The van der Waals surface area contributed by atoms with Crippen LogP contribution in [0.5, 0.6) is 5.75 Å². The number of carbonyl (C=O) groups is 1. The Bertz CT molecular complexity index is 486. The Kier molecular flexibility index (Phi) is 5.56.